The van der Waals surface area contributed by atoms with Crippen LogP contribution in [0, 0.1) is 0 Å². The zero-order valence-electron chi connectivity index (χ0n) is 13.6. The molecule has 3 aromatic rings. The molecule has 1 saturated heterocycles. The molecule has 0 atom stereocenters. The maximum absolute atomic E-state index is 12.8. The van der Waals surface area contributed by atoms with Crippen molar-refractivity contribution in [1.82, 2.24) is 4.98 Å². The van der Waals surface area contributed by atoms with Crippen molar-refractivity contribution in [2.24, 2.45) is 0 Å². The Morgan fingerprint density at radius 2 is 1.96 bits per heavy atom. The summed E-state index contributed by atoms with van der Waals surface area (Å²) in [5.74, 6) is -0.158. The number of hydrogen-bond donors (Lipinski definition) is 2. The van der Waals surface area contributed by atoms with Crippen LogP contribution < -0.4 is 10.2 Å². The number of amides is 1. The summed E-state index contributed by atoms with van der Waals surface area (Å²) in [6.07, 6.45) is 1.72. The van der Waals surface area contributed by atoms with Crippen molar-refractivity contribution >= 4 is 39.8 Å². The number of carbonyl (C=O) groups excluding carboxylic acids is 1. The van der Waals surface area contributed by atoms with E-state index in [1.807, 2.05) is 30.3 Å². The number of ether oxygens (including phenoxy) is 1. The lowest BCUT2D eigenvalue weighted by molar-refractivity contribution is 0.102. The van der Waals surface area contributed by atoms with E-state index in [2.05, 4.69) is 15.2 Å². The van der Waals surface area contributed by atoms with Gasteiger partial charge in [-0.05, 0) is 30.3 Å². The molecule has 0 unspecified atom stereocenters. The van der Waals surface area contributed by atoms with Gasteiger partial charge >= 0.3 is 0 Å². The van der Waals surface area contributed by atoms with E-state index in [1.165, 1.54) is 0 Å². The number of halogens is 1. The number of morpholine rings is 1. The average molecular weight is 356 g/mol. The summed E-state index contributed by atoms with van der Waals surface area (Å²) in [5.41, 5.74) is 3.27. The van der Waals surface area contributed by atoms with E-state index in [1.54, 1.807) is 18.3 Å². The van der Waals surface area contributed by atoms with E-state index in [0.29, 0.717) is 23.8 Å². The summed E-state index contributed by atoms with van der Waals surface area (Å²) >= 11 is 6.08. The summed E-state index contributed by atoms with van der Waals surface area (Å²) < 4.78 is 5.41. The van der Waals surface area contributed by atoms with Crippen molar-refractivity contribution in [3.63, 3.8) is 0 Å². The van der Waals surface area contributed by atoms with Crippen LogP contribution in [0.5, 0.6) is 0 Å². The van der Waals surface area contributed by atoms with Crippen LogP contribution in [0.25, 0.3) is 10.9 Å². The normalized spacial score (nSPS) is 14.7. The van der Waals surface area contributed by atoms with Gasteiger partial charge in [-0.25, -0.2) is 0 Å². The smallest absolute Gasteiger partial charge is 0.257 e. The standard InChI is InChI=1S/C19H18ClN3O2/c20-13-5-6-16-14(11-13)15(12-21-16)19(24)22-17-3-1-2-4-18(17)23-7-9-25-10-8-23/h1-6,11-12,21H,7-10H2,(H,22,24). The molecule has 2 N–H and O–H groups in total. The third-order valence-corrected chi connectivity index (χ3v) is 4.63. The molecule has 0 spiro atoms. The Balaban J connectivity index is 1.63. The Kier molecular flexibility index (Phi) is 4.34. The number of hydrogen-bond acceptors (Lipinski definition) is 3. The second-order valence-electron chi connectivity index (χ2n) is 5.96. The Labute approximate surface area is 150 Å². The number of nitrogens with one attached hydrogen (secondary N) is 2. The summed E-state index contributed by atoms with van der Waals surface area (Å²) in [4.78, 5) is 18.2. The molecule has 2 aromatic carbocycles. The van der Waals surface area contributed by atoms with Crippen LogP contribution in [0.2, 0.25) is 5.02 Å². The highest BCUT2D eigenvalue weighted by atomic mass is 35.5. The zero-order chi connectivity index (χ0) is 17.2. The minimum absolute atomic E-state index is 0.158. The zero-order valence-corrected chi connectivity index (χ0v) is 14.3. The Morgan fingerprint density at radius 1 is 1.16 bits per heavy atom. The molecule has 1 amide bonds. The predicted molar refractivity (Wildman–Crippen MR) is 101 cm³/mol. The molecule has 6 heteroatoms. The molecule has 0 radical (unpaired) electrons. The number of benzene rings is 2. The van der Waals surface area contributed by atoms with Crippen LogP contribution in [0.3, 0.4) is 0 Å². The number of anilines is 2. The predicted octanol–water partition coefficient (Wildman–Crippen LogP) is 3.91. The fraction of sp³-hybridized carbons (Fsp3) is 0.211. The topological polar surface area (TPSA) is 57.4 Å². The van der Waals surface area contributed by atoms with Gasteiger partial charge in [-0.3, -0.25) is 4.79 Å². The number of nitrogens with zero attached hydrogens (tertiary/aromatic N) is 1. The third-order valence-electron chi connectivity index (χ3n) is 4.39. The molecule has 5 nitrogen and oxygen atoms in total. The van der Waals surface area contributed by atoms with Gasteiger partial charge in [0.25, 0.3) is 5.91 Å². The van der Waals surface area contributed by atoms with E-state index in [9.17, 15) is 4.79 Å². The highest BCUT2D eigenvalue weighted by molar-refractivity contribution is 6.31. The highest BCUT2D eigenvalue weighted by Gasteiger charge is 2.18. The minimum Gasteiger partial charge on any atom is -0.378 e. The summed E-state index contributed by atoms with van der Waals surface area (Å²) in [6, 6.07) is 13.3. The van der Waals surface area contributed by atoms with Crippen molar-refractivity contribution in [2.75, 3.05) is 36.5 Å². The first-order chi connectivity index (χ1) is 12.2. The highest BCUT2D eigenvalue weighted by Crippen LogP contribution is 2.28. The largest absolute Gasteiger partial charge is 0.378 e. The molecule has 0 aliphatic carbocycles. The Hall–Kier alpha value is -2.50. The van der Waals surface area contributed by atoms with Crippen LogP contribution in [0.1, 0.15) is 10.4 Å². The molecule has 1 aliphatic heterocycles. The number of aromatic amines is 1. The van der Waals surface area contributed by atoms with Crippen LogP contribution in [-0.4, -0.2) is 37.2 Å². The van der Waals surface area contributed by atoms with Crippen molar-refractivity contribution in [3.05, 3.63) is 59.2 Å². The number of para-hydroxylation sites is 2. The molecule has 4 rings (SSSR count). The molecular weight excluding hydrogens is 338 g/mol. The van der Waals surface area contributed by atoms with E-state index < -0.39 is 0 Å². The molecule has 0 bridgehead atoms. The van der Waals surface area contributed by atoms with Crippen molar-refractivity contribution in [2.45, 2.75) is 0 Å². The number of rotatable bonds is 3. The number of aromatic nitrogens is 1. The van der Waals surface area contributed by atoms with E-state index in [0.717, 1.165) is 35.4 Å². The van der Waals surface area contributed by atoms with Gasteiger partial charge < -0.3 is 19.9 Å². The second-order valence-corrected chi connectivity index (χ2v) is 6.40. The summed E-state index contributed by atoms with van der Waals surface area (Å²) in [6.45, 7) is 3.03. The SMILES string of the molecule is O=C(Nc1ccccc1N1CCOCC1)c1c[nH]c2ccc(Cl)cc12. The molecule has 2 heterocycles. The summed E-state index contributed by atoms with van der Waals surface area (Å²) in [5, 5.41) is 4.46. The molecule has 0 saturated carbocycles. The van der Waals surface area contributed by atoms with Crippen molar-refractivity contribution in [1.29, 1.82) is 0 Å². The van der Waals surface area contributed by atoms with Gasteiger partial charge in [-0.2, -0.15) is 0 Å². The van der Waals surface area contributed by atoms with Gasteiger partial charge in [0, 0.05) is 35.2 Å². The van der Waals surface area contributed by atoms with Gasteiger partial charge in [0.05, 0.1) is 30.2 Å². The minimum atomic E-state index is -0.158. The average Bonchev–Trinajstić information content (AvgIpc) is 3.06. The number of H-pyrrole nitrogens is 1. The quantitative estimate of drug-likeness (QED) is 0.749. The molecule has 1 fully saturated rings. The molecule has 128 valence electrons. The van der Waals surface area contributed by atoms with Gasteiger partial charge in [0.15, 0.2) is 0 Å². The summed E-state index contributed by atoms with van der Waals surface area (Å²) in [7, 11) is 0. The van der Waals surface area contributed by atoms with Gasteiger partial charge in [0.2, 0.25) is 0 Å². The van der Waals surface area contributed by atoms with Crippen LogP contribution in [-0.2, 0) is 4.74 Å². The molecular formula is C19H18ClN3O2. The Bertz CT molecular complexity index is 916. The van der Waals surface area contributed by atoms with Crippen LogP contribution in [0.4, 0.5) is 11.4 Å². The van der Waals surface area contributed by atoms with Crippen LogP contribution in [0.15, 0.2) is 48.7 Å². The Morgan fingerprint density at radius 3 is 2.80 bits per heavy atom. The fourth-order valence-corrected chi connectivity index (χ4v) is 3.30. The lowest BCUT2D eigenvalue weighted by Gasteiger charge is -2.30. The lowest BCUT2D eigenvalue weighted by Crippen LogP contribution is -2.36. The van der Waals surface area contributed by atoms with Gasteiger partial charge in [-0.1, -0.05) is 23.7 Å². The number of carbonyl (C=O) groups is 1. The van der Waals surface area contributed by atoms with Gasteiger partial charge in [0.1, 0.15) is 0 Å². The van der Waals surface area contributed by atoms with Crippen LogP contribution >= 0.6 is 11.6 Å². The maximum Gasteiger partial charge on any atom is 0.257 e. The first kappa shape index (κ1) is 16.0. The molecule has 25 heavy (non-hydrogen) atoms. The van der Waals surface area contributed by atoms with E-state index in [-0.39, 0.29) is 5.91 Å². The first-order valence-corrected chi connectivity index (χ1v) is 8.60. The second kappa shape index (κ2) is 6.78. The monoisotopic (exact) mass is 355 g/mol. The third kappa shape index (κ3) is 3.21. The number of fused-ring (bicyclic) bond motifs is 1. The maximum atomic E-state index is 12.8. The van der Waals surface area contributed by atoms with E-state index >= 15 is 0 Å². The lowest BCUT2D eigenvalue weighted by atomic mass is 10.1. The van der Waals surface area contributed by atoms with Gasteiger partial charge in [-0.15, -0.1) is 0 Å². The molecule has 1 aromatic heterocycles. The molecule has 1 aliphatic rings. The van der Waals surface area contributed by atoms with Crippen molar-refractivity contribution < 1.29 is 9.53 Å². The first-order valence-electron chi connectivity index (χ1n) is 8.22. The van der Waals surface area contributed by atoms with E-state index in [4.69, 9.17) is 16.3 Å². The fourth-order valence-electron chi connectivity index (χ4n) is 3.13. The van der Waals surface area contributed by atoms with Crippen molar-refractivity contribution in [3.8, 4) is 0 Å².